The summed E-state index contributed by atoms with van der Waals surface area (Å²) in [6.07, 6.45) is 0. The average molecular weight is 330 g/mol. The third-order valence-electron chi connectivity index (χ3n) is 2.98. The maximum absolute atomic E-state index is 12.6. The van der Waals surface area contributed by atoms with Crippen LogP contribution in [0.25, 0.3) is 0 Å². The van der Waals surface area contributed by atoms with Crippen LogP contribution in [0.5, 0.6) is 0 Å². The molecule has 2 aromatic rings. The number of sulfone groups is 1. The standard InChI is InChI=1S/C14H13Cl2NO2S/c15-10-5-7-11(8-6-10)20(18,19)14(9-17)12-3-1-2-4-13(12)16/h1-8,14H,9,17H2/t14-/m1/s1. The lowest BCUT2D eigenvalue weighted by Crippen LogP contribution is -2.22. The van der Waals surface area contributed by atoms with E-state index in [4.69, 9.17) is 28.9 Å². The monoisotopic (exact) mass is 329 g/mol. The van der Waals surface area contributed by atoms with Gasteiger partial charge in [0.15, 0.2) is 9.84 Å². The normalized spacial score (nSPS) is 13.2. The van der Waals surface area contributed by atoms with Gasteiger partial charge in [-0.15, -0.1) is 0 Å². The highest BCUT2D eigenvalue weighted by Gasteiger charge is 2.29. The van der Waals surface area contributed by atoms with Crippen LogP contribution in [0.3, 0.4) is 0 Å². The Kier molecular flexibility index (Phi) is 4.70. The molecular weight excluding hydrogens is 317 g/mol. The van der Waals surface area contributed by atoms with Crippen molar-refractivity contribution < 1.29 is 8.42 Å². The second kappa shape index (κ2) is 6.14. The Balaban J connectivity index is 2.51. The lowest BCUT2D eigenvalue weighted by atomic mass is 10.1. The molecule has 0 heterocycles. The molecule has 0 aliphatic carbocycles. The Hall–Kier alpha value is -1.07. The van der Waals surface area contributed by atoms with Crippen molar-refractivity contribution in [2.45, 2.75) is 10.1 Å². The summed E-state index contributed by atoms with van der Waals surface area (Å²) in [6.45, 7) is -0.0469. The van der Waals surface area contributed by atoms with Crippen LogP contribution in [0.2, 0.25) is 10.0 Å². The number of hydrogen-bond donors (Lipinski definition) is 1. The molecule has 2 N–H and O–H groups in total. The van der Waals surface area contributed by atoms with E-state index in [0.717, 1.165) is 0 Å². The fraction of sp³-hybridized carbons (Fsp3) is 0.143. The molecule has 0 bridgehead atoms. The van der Waals surface area contributed by atoms with E-state index in [2.05, 4.69) is 0 Å². The SMILES string of the molecule is NC[C@H](c1ccccc1Cl)S(=O)(=O)c1ccc(Cl)cc1. The van der Waals surface area contributed by atoms with E-state index in [1.165, 1.54) is 24.3 Å². The van der Waals surface area contributed by atoms with Gasteiger partial charge < -0.3 is 5.73 Å². The van der Waals surface area contributed by atoms with Gasteiger partial charge in [0.2, 0.25) is 0 Å². The number of benzene rings is 2. The number of halogens is 2. The lowest BCUT2D eigenvalue weighted by Gasteiger charge is -2.17. The average Bonchev–Trinajstić information content (AvgIpc) is 2.42. The smallest absolute Gasteiger partial charge is 0.186 e. The van der Waals surface area contributed by atoms with Crippen molar-refractivity contribution in [2.24, 2.45) is 5.73 Å². The molecule has 1 atom stereocenters. The van der Waals surface area contributed by atoms with Crippen molar-refractivity contribution in [1.82, 2.24) is 0 Å². The maximum Gasteiger partial charge on any atom is 0.186 e. The molecule has 3 nitrogen and oxygen atoms in total. The van der Waals surface area contributed by atoms with Crippen LogP contribution < -0.4 is 5.73 Å². The van der Waals surface area contributed by atoms with Crippen molar-refractivity contribution in [1.29, 1.82) is 0 Å². The molecule has 2 aromatic carbocycles. The zero-order valence-corrected chi connectivity index (χ0v) is 12.8. The van der Waals surface area contributed by atoms with Crippen molar-refractivity contribution in [3.05, 3.63) is 64.1 Å². The molecule has 0 saturated carbocycles. The summed E-state index contributed by atoms with van der Waals surface area (Å²) >= 11 is 11.9. The first kappa shape index (κ1) is 15.3. The van der Waals surface area contributed by atoms with Crippen LogP contribution in [0.4, 0.5) is 0 Å². The zero-order chi connectivity index (χ0) is 14.8. The predicted molar refractivity (Wildman–Crippen MR) is 81.9 cm³/mol. The van der Waals surface area contributed by atoms with Crippen molar-refractivity contribution >= 4 is 33.0 Å². The molecule has 20 heavy (non-hydrogen) atoms. The quantitative estimate of drug-likeness (QED) is 0.934. The highest BCUT2D eigenvalue weighted by molar-refractivity contribution is 7.91. The summed E-state index contributed by atoms with van der Waals surface area (Å²) in [6, 6.07) is 12.8. The molecular formula is C14H13Cl2NO2S. The molecule has 0 aliphatic rings. The Morgan fingerprint density at radius 2 is 1.60 bits per heavy atom. The van der Waals surface area contributed by atoms with Crippen LogP contribution in [-0.2, 0) is 9.84 Å². The third-order valence-corrected chi connectivity index (χ3v) is 5.70. The van der Waals surface area contributed by atoms with Crippen LogP contribution in [0, 0.1) is 0 Å². The molecule has 0 spiro atoms. The van der Waals surface area contributed by atoms with Gasteiger partial charge in [-0.1, -0.05) is 41.4 Å². The number of nitrogens with two attached hydrogens (primary N) is 1. The van der Waals surface area contributed by atoms with E-state index in [9.17, 15) is 8.42 Å². The van der Waals surface area contributed by atoms with Gasteiger partial charge in [-0.25, -0.2) is 8.42 Å². The zero-order valence-electron chi connectivity index (χ0n) is 10.5. The van der Waals surface area contributed by atoms with Crippen LogP contribution in [-0.4, -0.2) is 15.0 Å². The first-order valence-electron chi connectivity index (χ1n) is 5.91. The molecule has 106 valence electrons. The molecule has 2 rings (SSSR count). The first-order valence-corrected chi connectivity index (χ1v) is 8.21. The van der Waals surface area contributed by atoms with E-state index in [1.807, 2.05) is 0 Å². The minimum absolute atomic E-state index is 0.0469. The maximum atomic E-state index is 12.6. The van der Waals surface area contributed by atoms with Gasteiger partial charge in [-0.05, 0) is 35.9 Å². The highest BCUT2D eigenvalue weighted by atomic mass is 35.5. The lowest BCUT2D eigenvalue weighted by molar-refractivity contribution is 0.582. The van der Waals surface area contributed by atoms with Crippen molar-refractivity contribution in [3.8, 4) is 0 Å². The van der Waals surface area contributed by atoms with Gasteiger partial charge in [0, 0.05) is 16.6 Å². The van der Waals surface area contributed by atoms with Crippen molar-refractivity contribution in [3.63, 3.8) is 0 Å². The molecule has 0 aromatic heterocycles. The van der Waals surface area contributed by atoms with Crippen LogP contribution in [0.1, 0.15) is 10.8 Å². The van der Waals surface area contributed by atoms with E-state index in [1.54, 1.807) is 24.3 Å². The summed E-state index contributed by atoms with van der Waals surface area (Å²) in [5.74, 6) is 0. The van der Waals surface area contributed by atoms with E-state index >= 15 is 0 Å². The summed E-state index contributed by atoms with van der Waals surface area (Å²) in [4.78, 5) is 0.178. The molecule has 6 heteroatoms. The fourth-order valence-corrected chi connectivity index (χ4v) is 4.04. The highest BCUT2D eigenvalue weighted by Crippen LogP contribution is 2.32. The second-order valence-corrected chi connectivity index (χ2v) is 7.22. The summed E-state index contributed by atoms with van der Waals surface area (Å²) in [7, 11) is -3.61. The summed E-state index contributed by atoms with van der Waals surface area (Å²) in [5, 5.41) is -0.0103. The van der Waals surface area contributed by atoms with Crippen LogP contribution in [0.15, 0.2) is 53.4 Å². The van der Waals surface area contributed by atoms with Gasteiger partial charge in [-0.2, -0.15) is 0 Å². The minimum atomic E-state index is -3.61. The number of rotatable bonds is 4. The topological polar surface area (TPSA) is 60.2 Å². The van der Waals surface area contributed by atoms with Gasteiger partial charge in [0.1, 0.15) is 5.25 Å². The van der Waals surface area contributed by atoms with E-state index in [-0.39, 0.29) is 11.4 Å². The molecule has 0 fully saturated rings. The molecule has 0 aliphatic heterocycles. The van der Waals surface area contributed by atoms with Crippen molar-refractivity contribution in [2.75, 3.05) is 6.54 Å². The minimum Gasteiger partial charge on any atom is -0.329 e. The van der Waals surface area contributed by atoms with E-state index in [0.29, 0.717) is 15.6 Å². The molecule has 0 saturated heterocycles. The second-order valence-electron chi connectivity index (χ2n) is 4.24. The predicted octanol–water partition coefficient (Wildman–Crippen LogP) is 3.47. The third kappa shape index (κ3) is 2.99. The first-order chi connectivity index (χ1) is 9.46. The van der Waals surface area contributed by atoms with Gasteiger partial charge in [0.05, 0.1) is 4.90 Å². The Bertz CT molecular complexity index is 699. The number of hydrogen-bond acceptors (Lipinski definition) is 3. The summed E-state index contributed by atoms with van der Waals surface area (Å²) < 4.78 is 25.3. The molecule has 0 amide bonds. The molecule has 0 radical (unpaired) electrons. The fourth-order valence-electron chi connectivity index (χ4n) is 1.95. The molecule has 0 unspecified atom stereocenters. The van der Waals surface area contributed by atoms with Gasteiger partial charge in [0.25, 0.3) is 0 Å². The van der Waals surface area contributed by atoms with Gasteiger partial charge in [-0.3, -0.25) is 0 Å². The Labute approximate surface area is 128 Å². The van der Waals surface area contributed by atoms with E-state index < -0.39 is 15.1 Å². The Morgan fingerprint density at radius 3 is 2.15 bits per heavy atom. The largest absolute Gasteiger partial charge is 0.329 e. The Morgan fingerprint density at radius 1 is 1.00 bits per heavy atom. The summed E-state index contributed by atoms with van der Waals surface area (Å²) in [5.41, 5.74) is 6.17. The van der Waals surface area contributed by atoms with Crippen LogP contribution >= 0.6 is 23.2 Å². The van der Waals surface area contributed by atoms with Gasteiger partial charge >= 0.3 is 0 Å².